The Balaban J connectivity index is 1.63. The van der Waals surface area contributed by atoms with E-state index in [0.717, 1.165) is 4.31 Å². The average Bonchev–Trinajstić information content (AvgIpc) is 3.15. The molecule has 0 atom stereocenters. The van der Waals surface area contributed by atoms with Crippen molar-refractivity contribution in [2.45, 2.75) is 24.8 Å². The van der Waals surface area contributed by atoms with E-state index in [2.05, 4.69) is 15.6 Å². The zero-order chi connectivity index (χ0) is 22.6. The minimum atomic E-state index is -3.57. The van der Waals surface area contributed by atoms with Crippen LogP contribution in [0.5, 0.6) is 0 Å². The molecule has 0 aliphatic rings. The maximum absolute atomic E-state index is 12.3. The van der Waals surface area contributed by atoms with Crippen molar-refractivity contribution in [3.63, 3.8) is 0 Å². The fraction of sp³-hybridized carbons (Fsp3) is 0.300. The molecule has 1 aromatic heterocycles. The Hall–Kier alpha value is -3.31. The summed E-state index contributed by atoms with van der Waals surface area (Å²) < 4.78 is 32.1. The molecule has 10 nitrogen and oxygen atoms in total. The number of hydrogen-bond acceptors (Lipinski definition) is 7. The molecule has 1 heterocycles. The quantitative estimate of drug-likeness (QED) is 0.525. The summed E-state index contributed by atoms with van der Waals surface area (Å²) in [5, 5.41) is 10.8. The molecule has 3 rings (SSSR count). The van der Waals surface area contributed by atoms with Gasteiger partial charge >= 0.3 is 5.97 Å². The molecule has 2 aromatic carbocycles. The molecule has 0 aliphatic carbocycles. The van der Waals surface area contributed by atoms with Gasteiger partial charge in [0, 0.05) is 26.2 Å². The molecule has 0 unspecified atom stereocenters. The number of sulfonamides is 1. The molecule has 164 valence electrons. The maximum Gasteiger partial charge on any atom is 0.338 e. The topological polar surface area (TPSA) is 123 Å². The summed E-state index contributed by atoms with van der Waals surface area (Å²) >= 11 is 0. The first-order valence-electron chi connectivity index (χ1n) is 9.55. The molecule has 31 heavy (non-hydrogen) atoms. The van der Waals surface area contributed by atoms with Crippen molar-refractivity contribution in [1.29, 1.82) is 0 Å². The molecular weight excluding hydrogens is 422 g/mol. The molecule has 3 aromatic rings. The highest BCUT2D eigenvalue weighted by molar-refractivity contribution is 7.89. The van der Waals surface area contributed by atoms with Gasteiger partial charge in [0.25, 0.3) is 0 Å². The Morgan fingerprint density at radius 2 is 1.84 bits per heavy atom. The van der Waals surface area contributed by atoms with Crippen LogP contribution in [0.15, 0.2) is 47.4 Å². The molecular formula is C20H23N5O5S. The van der Waals surface area contributed by atoms with Gasteiger partial charge in [-0.25, -0.2) is 22.2 Å². The van der Waals surface area contributed by atoms with E-state index < -0.39 is 16.0 Å². The van der Waals surface area contributed by atoms with E-state index in [1.807, 2.05) is 0 Å². The third-order valence-corrected chi connectivity index (χ3v) is 6.31. The van der Waals surface area contributed by atoms with Crippen LogP contribution in [-0.2, 0) is 26.1 Å². The van der Waals surface area contributed by atoms with Crippen LogP contribution in [0.2, 0.25) is 0 Å². The second-order valence-corrected chi connectivity index (χ2v) is 9.00. The minimum Gasteiger partial charge on any atom is -0.462 e. The molecule has 11 heteroatoms. The van der Waals surface area contributed by atoms with Crippen molar-refractivity contribution in [3.05, 3.63) is 48.0 Å². The highest BCUT2D eigenvalue weighted by Gasteiger charge is 2.19. The third-order valence-electron chi connectivity index (χ3n) is 4.49. The fourth-order valence-corrected chi connectivity index (χ4v) is 3.75. The maximum atomic E-state index is 12.3. The molecule has 0 spiro atoms. The average molecular weight is 446 g/mol. The summed E-state index contributed by atoms with van der Waals surface area (Å²) in [7, 11) is -0.653. The Bertz CT molecular complexity index is 1200. The van der Waals surface area contributed by atoms with E-state index in [1.165, 1.54) is 26.2 Å². The summed E-state index contributed by atoms with van der Waals surface area (Å²) in [5.41, 5.74) is 2.02. The first-order chi connectivity index (χ1) is 14.7. The van der Waals surface area contributed by atoms with Crippen LogP contribution in [0.3, 0.4) is 0 Å². The number of benzene rings is 2. The van der Waals surface area contributed by atoms with Crippen molar-refractivity contribution < 1.29 is 22.7 Å². The van der Waals surface area contributed by atoms with Gasteiger partial charge < -0.3 is 10.1 Å². The first-order valence-corrected chi connectivity index (χ1v) is 11.0. The van der Waals surface area contributed by atoms with Crippen molar-refractivity contribution in [2.75, 3.05) is 26.0 Å². The second kappa shape index (κ2) is 9.23. The molecule has 0 radical (unpaired) electrons. The SMILES string of the molecule is CCOC(=O)c1ccc(NC(=O)CCn2nnc3cc(S(=O)(=O)N(C)C)ccc32)cc1. The zero-order valence-corrected chi connectivity index (χ0v) is 18.2. The lowest BCUT2D eigenvalue weighted by Gasteiger charge is -2.11. The smallest absolute Gasteiger partial charge is 0.338 e. The standard InChI is InChI=1S/C20H23N5O5S/c1-4-30-20(27)14-5-7-15(8-6-14)21-19(26)11-12-25-18-10-9-16(13-17(18)22-23-25)31(28,29)24(2)3/h5-10,13H,4,11-12H2,1-3H3,(H,21,26). The van der Waals surface area contributed by atoms with Gasteiger partial charge in [-0.2, -0.15) is 0 Å². The van der Waals surface area contributed by atoms with E-state index in [4.69, 9.17) is 4.74 Å². The van der Waals surface area contributed by atoms with E-state index in [0.29, 0.717) is 28.9 Å². The lowest BCUT2D eigenvalue weighted by molar-refractivity contribution is -0.116. The number of rotatable bonds is 8. The second-order valence-electron chi connectivity index (χ2n) is 6.85. The summed E-state index contributed by atoms with van der Waals surface area (Å²) in [5.74, 6) is -0.653. The van der Waals surface area contributed by atoms with Crippen LogP contribution in [0.1, 0.15) is 23.7 Å². The lowest BCUT2D eigenvalue weighted by atomic mass is 10.2. The van der Waals surface area contributed by atoms with Crippen molar-refractivity contribution >= 4 is 38.6 Å². The number of carbonyl (C=O) groups excluding carboxylic acids is 2. The number of nitrogens with zero attached hydrogens (tertiary/aromatic N) is 4. The number of nitrogens with one attached hydrogen (secondary N) is 1. The van der Waals surface area contributed by atoms with Gasteiger partial charge in [0.2, 0.25) is 15.9 Å². The first kappa shape index (κ1) is 22.4. The summed E-state index contributed by atoms with van der Waals surface area (Å²) in [6.45, 7) is 2.29. The molecule has 0 bridgehead atoms. The predicted octanol–water partition coefficient (Wildman–Crippen LogP) is 1.89. The van der Waals surface area contributed by atoms with Gasteiger partial charge in [-0.15, -0.1) is 5.10 Å². The van der Waals surface area contributed by atoms with Crippen molar-refractivity contribution in [1.82, 2.24) is 19.3 Å². The van der Waals surface area contributed by atoms with Crippen molar-refractivity contribution in [2.24, 2.45) is 0 Å². The number of hydrogen-bond donors (Lipinski definition) is 1. The largest absolute Gasteiger partial charge is 0.462 e. The van der Waals surface area contributed by atoms with E-state index in [9.17, 15) is 18.0 Å². The van der Waals surface area contributed by atoms with Crippen LogP contribution >= 0.6 is 0 Å². The highest BCUT2D eigenvalue weighted by atomic mass is 32.2. The number of ether oxygens (including phenoxy) is 1. The Morgan fingerprint density at radius 1 is 1.13 bits per heavy atom. The highest BCUT2D eigenvalue weighted by Crippen LogP contribution is 2.19. The minimum absolute atomic E-state index is 0.126. The number of amides is 1. The molecule has 1 amide bonds. The van der Waals surface area contributed by atoms with Crippen LogP contribution in [0.4, 0.5) is 5.69 Å². The van der Waals surface area contributed by atoms with Gasteiger partial charge in [-0.1, -0.05) is 5.21 Å². The predicted molar refractivity (Wildman–Crippen MR) is 114 cm³/mol. The molecule has 0 saturated carbocycles. The van der Waals surface area contributed by atoms with E-state index >= 15 is 0 Å². The van der Waals surface area contributed by atoms with Gasteiger partial charge in [-0.05, 0) is 49.4 Å². The number of anilines is 1. The Labute approximate surface area is 179 Å². The fourth-order valence-electron chi connectivity index (χ4n) is 2.82. The summed E-state index contributed by atoms with van der Waals surface area (Å²) in [6, 6.07) is 11.0. The van der Waals surface area contributed by atoms with Gasteiger partial charge in [0.05, 0.1) is 29.1 Å². The summed E-state index contributed by atoms with van der Waals surface area (Å²) in [4.78, 5) is 24.1. The van der Waals surface area contributed by atoms with Gasteiger partial charge in [0.1, 0.15) is 5.52 Å². The number of esters is 1. The Morgan fingerprint density at radius 3 is 2.48 bits per heavy atom. The number of aryl methyl sites for hydroxylation is 1. The summed E-state index contributed by atoms with van der Waals surface area (Å²) in [6.07, 6.45) is 0.135. The normalized spacial score (nSPS) is 11.6. The van der Waals surface area contributed by atoms with Crippen LogP contribution in [-0.4, -0.2) is 60.3 Å². The van der Waals surface area contributed by atoms with Crippen LogP contribution < -0.4 is 5.32 Å². The van der Waals surface area contributed by atoms with E-state index in [-0.39, 0.29) is 23.8 Å². The van der Waals surface area contributed by atoms with Gasteiger partial charge in [-0.3, -0.25) is 4.79 Å². The number of carbonyl (C=O) groups is 2. The zero-order valence-electron chi connectivity index (χ0n) is 17.4. The molecule has 0 fully saturated rings. The van der Waals surface area contributed by atoms with Crippen LogP contribution in [0, 0.1) is 0 Å². The monoisotopic (exact) mass is 445 g/mol. The lowest BCUT2D eigenvalue weighted by Crippen LogP contribution is -2.22. The number of aromatic nitrogens is 3. The van der Waals surface area contributed by atoms with Crippen molar-refractivity contribution in [3.8, 4) is 0 Å². The van der Waals surface area contributed by atoms with Crippen LogP contribution in [0.25, 0.3) is 11.0 Å². The molecule has 0 aliphatic heterocycles. The third kappa shape index (κ3) is 5.06. The molecule has 1 N–H and O–H groups in total. The van der Waals surface area contributed by atoms with E-state index in [1.54, 1.807) is 41.9 Å². The van der Waals surface area contributed by atoms with Gasteiger partial charge in [0.15, 0.2) is 0 Å². The number of fused-ring (bicyclic) bond motifs is 1. The Kier molecular flexibility index (Phi) is 6.66. The molecule has 0 saturated heterocycles.